The molecule has 0 heterocycles. The highest BCUT2D eigenvalue weighted by Crippen LogP contribution is 2.20. The summed E-state index contributed by atoms with van der Waals surface area (Å²) in [6.07, 6.45) is 0.925. The number of carbonyl (C=O) groups is 2. The molecular formula is C22H28N2O2S2. The first-order valence-electron chi connectivity index (χ1n) is 9.54. The highest BCUT2D eigenvalue weighted by atomic mass is 33.1. The highest BCUT2D eigenvalue weighted by Gasteiger charge is 2.13. The molecule has 2 N–H and O–H groups in total. The molecule has 0 amide bonds. The fourth-order valence-corrected chi connectivity index (χ4v) is 4.61. The number of hydrogen-bond donors (Lipinski definition) is 1. The molecule has 0 bridgehead atoms. The predicted octanol–water partition coefficient (Wildman–Crippen LogP) is 4.17. The van der Waals surface area contributed by atoms with Gasteiger partial charge in [-0.1, -0.05) is 82.3 Å². The second kappa shape index (κ2) is 13.6. The standard InChI is InChI=1S/C22H28N2O2S2/c23-13-17-27-28-18-16-24(14-11-21(25)19-7-3-1-4-8-19)15-12-22(26)20-9-5-2-6-10-20/h1-10H,11-18,23H2. The minimum absolute atomic E-state index is 0.144. The maximum absolute atomic E-state index is 12.4. The van der Waals surface area contributed by atoms with Gasteiger partial charge in [-0.05, 0) is 0 Å². The molecule has 4 nitrogen and oxygen atoms in total. The molecule has 0 saturated heterocycles. The summed E-state index contributed by atoms with van der Waals surface area (Å²) in [5.41, 5.74) is 7.02. The van der Waals surface area contributed by atoms with Crippen LogP contribution in [0.1, 0.15) is 33.6 Å². The van der Waals surface area contributed by atoms with Gasteiger partial charge in [0, 0.05) is 61.7 Å². The van der Waals surface area contributed by atoms with E-state index in [4.69, 9.17) is 5.73 Å². The van der Waals surface area contributed by atoms with Crippen LogP contribution in [0.5, 0.6) is 0 Å². The zero-order valence-corrected chi connectivity index (χ0v) is 17.7. The van der Waals surface area contributed by atoms with Crippen LogP contribution in [0.15, 0.2) is 60.7 Å². The van der Waals surface area contributed by atoms with Crippen molar-refractivity contribution in [1.29, 1.82) is 0 Å². The van der Waals surface area contributed by atoms with E-state index in [-0.39, 0.29) is 11.6 Å². The van der Waals surface area contributed by atoms with Gasteiger partial charge in [-0.25, -0.2) is 0 Å². The summed E-state index contributed by atoms with van der Waals surface area (Å²) in [5.74, 6) is 2.17. The van der Waals surface area contributed by atoms with Crippen molar-refractivity contribution >= 4 is 33.2 Å². The van der Waals surface area contributed by atoms with E-state index in [9.17, 15) is 9.59 Å². The lowest BCUT2D eigenvalue weighted by Gasteiger charge is -2.21. The number of ketones is 2. The van der Waals surface area contributed by atoms with Crippen LogP contribution in [0.25, 0.3) is 0 Å². The molecule has 0 unspecified atom stereocenters. The molecule has 0 fully saturated rings. The largest absolute Gasteiger partial charge is 0.330 e. The van der Waals surface area contributed by atoms with Crippen molar-refractivity contribution in [3.05, 3.63) is 71.8 Å². The first kappa shape index (κ1) is 22.7. The van der Waals surface area contributed by atoms with E-state index < -0.39 is 0 Å². The molecule has 0 aromatic heterocycles. The van der Waals surface area contributed by atoms with Crippen molar-refractivity contribution in [2.75, 3.05) is 37.7 Å². The predicted molar refractivity (Wildman–Crippen MR) is 121 cm³/mol. The molecule has 2 rings (SSSR count). The van der Waals surface area contributed by atoms with Crippen LogP contribution < -0.4 is 5.73 Å². The fourth-order valence-electron chi connectivity index (χ4n) is 2.72. The maximum atomic E-state index is 12.4. The summed E-state index contributed by atoms with van der Waals surface area (Å²) in [6, 6.07) is 18.8. The normalized spacial score (nSPS) is 10.9. The summed E-state index contributed by atoms with van der Waals surface area (Å²) < 4.78 is 0. The third-order valence-electron chi connectivity index (χ3n) is 4.28. The number of nitrogens with zero attached hydrogens (tertiary/aromatic N) is 1. The van der Waals surface area contributed by atoms with Crippen LogP contribution in [0.4, 0.5) is 0 Å². The molecule has 150 valence electrons. The van der Waals surface area contributed by atoms with Crippen LogP contribution in [-0.2, 0) is 0 Å². The Morgan fingerprint density at radius 2 is 1.18 bits per heavy atom. The highest BCUT2D eigenvalue weighted by molar-refractivity contribution is 8.76. The third kappa shape index (κ3) is 8.61. The zero-order chi connectivity index (χ0) is 20.0. The molecule has 0 aliphatic carbocycles. The van der Waals surface area contributed by atoms with Crippen LogP contribution >= 0.6 is 21.6 Å². The maximum Gasteiger partial charge on any atom is 0.164 e. The molecule has 6 heteroatoms. The Hall–Kier alpha value is -1.60. The average Bonchev–Trinajstić information content (AvgIpc) is 2.75. The van der Waals surface area contributed by atoms with E-state index in [1.165, 1.54) is 0 Å². The molecule has 0 radical (unpaired) electrons. The number of rotatable bonds is 14. The number of benzene rings is 2. The van der Waals surface area contributed by atoms with Gasteiger partial charge in [0.05, 0.1) is 0 Å². The summed E-state index contributed by atoms with van der Waals surface area (Å²) in [7, 11) is 3.56. The van der Waals surface area contributed by atoms with Gasteiger partial charge in [0.15, 0.2) is 11.6 Å². The number of Topliss-reactive ketones (excluding diaryl/α,β-unsaturated/α-hetero) is 2. The van der Waals surface area contributed by atoms with Crippen molar-refractivity contribution in [3.8, 4) is 0 Å². The molecule has 0 atom stereocenters. The van der Waals surface area contributed by atoms with E-state index in [0.29, 0.717) is 32.5 Å². The van der Waals surface area contributed by atoms with Crippen molar-refractivity contribution < 1.29 is 9.59 Å². The first-order chi connectivity index (χ1) is 13.7. The van der Waals surface area contributed by atoms with Crippen LogP contribution in [0.3, 0.4) is 0 Å². The number of carbonyl (C=O) groups excluding carboxylic acids is 2. The quantitative estimate of drug-likeness (QED) is 0.283. The van der Waals surface area contributed by atoms with Gasteiger partial charge < -0.3 is 10.6 Å². The Kier molecular flexibility index (Phi) is 11.0. The zero-order valence-electron chi connectivity index (χ0n) is 16.1. The molecule has 28 heavy (non-hydrogen) atoms. The first-order valence-corrected chi connectivity index (χ1v) is 12.0. The molecule has 2 aromatic rings. The van der Waals surface area contributed by atoms with Crippen molar-refractivity contribution in [2.24, 2.45) is 5.73 Å². The van der Waals surface area contributed by atoms with E-state index >= 15 is 0 Å². The minimum atomic E-state index is 0.144. The lowest BCUT2D eigenvalue weighted by Crippen LogP contribution is -2.31. The van der Waals surface area contributed by atoms with E-state index in [0.717, 1.165) is 29.2 Å². The topological polar surface area (TPSA) is 63.4 Å². The molecule has 0 aliphatic rings. The van der Waals surface area contributed by atoms with Crippen molar-refractivity contribution in [1.82, 2.24) is 4.90 Å². The van der Waals surface area contributed by atoms with Gasteiger partial charge >= 0.3 is 0 Å². The lowest BCUT2D eigenvalue weighted by molar-refractivity contribution is 0.0950. The molecule has 2 aromatic carbocycles. The summed E-state index contributed by atoms with van der Waals surface area (Å²) >= 11 is 0. The summed E-state index contributed by atoms with van der Waals surface area (Å²) in [4.78, 5) is 27.0. The Labute approximate surface area is 175 Å². The molecule has 0 saturated carbocycles. The monoisotopic (exact) mass is 416 g/mol. The van der Waals surface area contributed by atoms with Gasteiger partial charge in [0.1, 0.15) is 0 Å². The van der Waals surface area contributed by atoms with Crippen molar-refractivity contribution in [2.45, 2.75) is 12.8 Å². The fraction of sp³-hybridized carbons (Fsp3) is 0.364. The van der Waals surface area contributed by atoms with Gasteiger partial charge in [-0.15, -0.1) is 0 Å². The Morgan fingerprint density at radius 3 is 1.64 bits per heavy atom. The number of hydrogen-bond acceptors (Lipinski definition) is 6. The van der Waals surface area contributed by atoms with E-state index in [2.05, 4.69) is 4.90 Å². The lowest BCUT2D eigenvalue weighted by atomic mass is 10.1. The van der Waals surface area contributed by atoms with Crippen LogP contribution in [0, 0.1) is 0 Å². The van der Waals surface area contributed by atoms with Gasteiger partial charge in [0.2, 0.25) is 0 Å². The van der Waals surface area contributed by atoms with E-state index in [1.807, 2.05) is 60.7 Å². The number of nitrogens with two attached hydrogens (primary N) is 1. The SMILES string of the molecule is NCCSSCCN(CCC(=O)c1ccccc1)CCC(=O)c1ccccc1. The van der Waals surface area contributed by atoms with Gasteiger partial charge in [-0.2, -0.15) is 0 Å². The third-order valence-corrected chi connectivity index (χ3v) is 6.70. The summed E-state index contributed by atoms with van der Waals surface area (Å²) in [5, 5.41) is 0. The Balaban J connectivity index is 1.84. The summed E-state index contributed by atoms with van der Waals surface area (Å²) in [6.45, 7) is 2.86. The van der Waals surface area contributed by atoms with Gasteiger partial charge in [0.25, 0.3) is 0 Å². The Bertz CT molecular complexity index is 655. The minimum Gasteiger partial charge on any atom is -0.330 e. The smallest absolute Gasteiger partial charge is 0.164 e. The second-order valence-electron chi connectivity index (χ2n) is 6.35. The van der Waals surface area contributed by atoms with E-state index in [1.54, 1.807) is 21.6 Å². The second-order valence-corrected chi connectivity index (χ2v) is 9.05. The average molecular weight is 417 g/mol. The molecule has 0 aliphatic heterocycles. The molecule has 0 spiro atoms. The Morgan fingerprint density at radius 1 is 0.714 bits per heavy atom. The van der Waals surface area contributed by atoms with Gasteiger partial charge in [-0.3, -0.25) is 9.59 Å². The molecular weight excluding hydrogens is 388 g/mol. The van der Waals surface area contributed by atoms with Crippen molar-refractivity contribution in [3.63, 3.8) is 0 Å². The van der Waals surface area contributed by atoms with Crippen LogP contribution in [-0.4, -0.2) is 54.2 Å². The van der Waals surface area contributed by atoms with Crippen LogP contribution in [0.2, 0.25) is 0 Å².